The lowest BCUT2D eigenvalue weighted by atomic mass is 9.81. The first-order valence-electron chi connectivity index (χ1n) is 6.59. The largest absolute Gasteiger partial charge is 0.426 e. The molecule has 3 heteroatoms. The zero-order valence-corrected chi connectivity index (χ0v) is 11.2. The van der Waals surface area contributed by atoms with E-state index >= 15 is 0 Å². The van der Waals surface area contributed by atoms with Gasteiger partial charge in [0.2, 0.25) is 0 Å². The number of aromatic nitrogens is 1. The zero-order valence-electron chi connectivity index (χ0n) is 11.2. The van der Waals surface area contributed by atoms with E-state index in [0.717, 1.165) is 11.3 Å². The first-order chi connectivity index (χ1) is 9.70. The first kappa shape index (κ1) is 12.6. The van der Waals surface area contributed by atoms with Crippen molar-refractivity contribution in [3.05, 3.63) is 72.1 Å². The second-order valence-corrected chi connectivity index (χ2v) is 5.08. The number of pyridine rings is 1. The summed E-state index contributed by atoms with van der Waals surface area (Å²) >= 11 is 0. The van der Waals surface area contributed by atoms with Crippen LogP contribution in [0.1, 0.15) is 24.6 Å². The van der Waals surface area contributed by atoms with Crippen molar-refractivity contribution in [3.63, 3.8) is 0 Å². The van der Waals surface area contributed by atoms with Gasteiger partial charge in [-0.1, -0.05) is 36.4 Å². The Bertz CT molecular complexity index is 649. The minimum Gasteiger partial charge on any atom is -0.426 e. The third kappa shape index (κ3) is 2.11. The third-order valence-corrected chi connectivity index (χ3v) is 3.64. The number of benzene rings is 1. The molecule has 0 radical (unpaired) electrons. The van der Waals surface area contributed by atoms with Crippen LogP contribution in [0, 0.1) is 0 Å². The number of carbonyl (C=O) groups excluding carboxylic acids is 1. The molecule has 1 aromatic carbocycles. The van der Waals surface area contributed by atoms with Crippen molar-refractivity contribution in [2.75, 3.05) is 0 Å². The lowest BCUT2D eigenvalue weighted by molar-refractivity contribution is -0.143. The Kier molecular flexibility index (Phi) is 3.11. The Hall–Kier alpha value is -2.42. The molecular formula is C17H15NO2. The Labute approximate surface area is 117 Å². The van der Waals surface area contributed by atoms with Gasteiger partial charge in [0.1, 0.15) is 11.2 Å². The van der Waals surface area contributed by atoms with Gasteiger partial charge in [-0.3, -0.25) is 9.78 Å². The molecule has 1 aliphatic heterocycles. The van der Waals surface area contributed by atoms with E-state index in [4.69, 9.17) is 4.74 Å². The van der Waals surface area contributed by atoms with E-state index in [-0.39, 0.29) is 5.97 Å². The van der Waals surface area contributed by atoms with Crippen molar-refractivity contribution in [1.82, 2.24) is 4.98 Å². The van der Waals surface area contributed by atoms with Crippen LogP contribution in [0.3, 0.4) is 0 Å². The topological polar surface area (TPSA) is 39.2 Å². The summed E-state index contributed by atoms with van der Waals surface area (Å²) in [6.45, 7) is 1.87. The molecule has 1 aliphatic rings. The molecule has 0 spiro atoms. The smallest absolute Gasteiger partial charge is 0.323 e. The Balaban J connectivity index is 1.93. The van der Waals surface area contributed by atoms with Crippen molar-refractivity contribution < 1.29 is 9.53 Å². The fourth-order valence-corrected chi connectivity index (χ4v) is 2.31. The highest BCUT2D eigenvalue weighted by Crippen LogP contribution is 2.35. The summed E-state index contributed by atoms with van der Waals surface area (Å²) in [6.07, 6.45) is 4.25. The van der Waals surface area contributed by atoms with E-state index in [1.807, 2.05) is 61.5 Å². The van der Waals surface area contributed by atoms with E-state index in [1.165, 1.54) is 0 Å². The SMILES string of the molecule is CC1(c2ccccn2)CC=C(c2ccccc2)OC1=O. The van der Waals surface area contributed by atoms with Crippen LogP contribution in [-0.4, -0.2) is 11.0 Å². The number of hydrogen-bond acceptors (Lipinski definition) is 3. The summed E-state index contributed by atoms with van der Waals surface area (Å²) in [7, 11) is 0. The fourth-order valence-electron chi connectivity index (χ4n) is 2.31. The molecule has 0 saturated heterocycles. The van der Waals surface area contributed by atoms with Crippen LogP contribution in [-0.2, 0) is 14.9 Å². The lowest BCUT2D eigenvalue weighted by Crippen LogP contribution is -2.37. The zero-order chi connectivity index (χ0) is 14.0. The van der Waals surface area contributed by atoms with Gasteiger partial charge in [-0.2, -0.15) is 0 Å². The number of esters is 1. The number of ether oxygens (including phenoxy) is 1. The molecule has 0 saturated carbocycles. The first-order valence-corrected chi connectivity index (χ1v) is 6.59. The standard InChI is InChI=1S/C17H15NO2/c1-17(15-9-5-6-12-18-15)11-10-14(20-16(17)19)13-7-3-2-4-8-13/h2-10,12H,11H2,1H3. The summed E-state index contributed by atoms with van der Waals surface area (Å²) in [6, 6.07) is 15.2. The average molecular weight is 265 g/mol. The molecule has 20 heavy (non-hydrogen) atoms. The monoisotopic (exact) mass is 265 g/mol. The molecule has 3 nitrogen and oxygen atoms in total. The molecule has 2 heterocycles. The highest BCUT2D eigenvalue weighted by Gasteiger charge is 2.40. The van der Waals surface area contributed by atoms with Crippen LogP contribution in [0.15, 0.2) is 60.8 Å². The van der Waals surface area contributed by atoms with Gasteiger partial charge in [-0.25, -0.2) is 0 Å². The van der Waals surface area contributed by atoms with E-state index in [1.54, 1.807) is 6.20 Å². The van der Waals surface area contributed by atoms with Gasteiger partial charge in [0, 0.05) is 11.8 Å². The number of rotatable bonds is 2. The summed E-state index contributed by atoms with van der Waals surface area (Å²) in [4.78, 5) is 16.7. The van der Waals surface area contributed by atoms with Crippen molar-refractivity contribution in [2.24, 2.45) is 0 Å². The maximum absolute atomic E-state index is 12.4. The van der Waals surface area contributed by atoms with Crippen LogP contribution in [0.5, 0.6) is 0 Å². The van der Waals surface area contributed by atoms with Crippen LogP contribution in [0.25, 0.3) is 5.76 Å². The Morgan fingerprint density at radius 2 is 1.85 bits per heavy atom. The van der Waals surface area contributed by atoms with Crippen molar-refractivity contribution in [3.8, 4) is 0 Å². The number of allylic oxidation sites excluding steroid dienone is 1. The van der Waals surface area contributed by atoms with Crippen molar-refractivity contribution >= 4 is 11.7 Å². The summed E-state index contributed by atoms with van der Waals surface area (Å²) < 4.78 is 5.52. The Morgan fingerprint density at radius 1 is 1.10 bits per heavy atom. The second-order valence-electron chi connectivity index (χ2n) is 5.08. The number of hydrogen-bond donors (Lipinski definition) is 0. The van der Waals surface area contributed by atoms with Crippen LogP contribution >= 0.6 is 0 Å². The van der Waals surface area contributed by atoms with Crippen molar-refractivity contribution in [1.29, 1.82) is 0 Å². The van der Waals surface area contributed by atoms with E-state index in [9.17, 15) is 4.79 Å². The van der Waals surface area contributed by atoms with Gasteiger partial charge in [-0.05, 0) is 31.6 Å². The Morgan fingerprint density at radius 3 is 2.50 bits per heavy atom. The van der Waals surface area contributed by atoms with Crippen LogP contribution < -0.4 is 0 Å². The molecule has 1 unspecified atom stereocenters. The molecule has 0 N–H and O–H groups in total. The number of nitrogens with zero attached hydrogens (tertiary/aromatic N) is 1. The van der Waals surface area contributed by atoms with Gasteiger partial charge in [0.05, 0.1) is 5.69 Å². The van der Waals surface area contributed by atoms with Gasteiger partial charge in [-0.15, -0.1) is 0 Å². The summed E-state index contributed by atoms with van der Waals surface area (Å²) in [5.41, 5.74) is 0.955. The van der Waals surface area contributed by atoms with E-state index in [0.29, 0.717) is 12.2 Å². The van der Waals surface area contributed by atoms with Crippen molar-refractivity contribution in [2.45, 2.75) is 18.8 Å². The highest BCUT2D eigenvalue weighted by molar-refractivity contribution is 5.89. The predicted molar refractivity (Wildman–Crippen MR) is 76.7 cm³/mol. The maximum Gasteiger partial charge on any atom is 0.323 e. The molecule has 0 aliphatic carbocycles. The number of cyclic esters (lactones) is 1. The van der Waals surface area contributed by atoms with Gasteiger partial charge in [0.15, 0.2) is 0 Å². The minimum atomic E-state index is -0.709. The molecule has 0 fully saturated rings. The molecular weight excluding hydrogens is 250 g/mol. The van der Waals surface area contributed by atoms with Gasteiger partial charge in [0.25, 0.3) is 0 Å². The number of carbonyl (C=O) groups is 1. The minimum absolute atomic E-state index is 0.252. The molecule has 1 aromatic heterocycles. The molecule has 0 bridgehead atoms. The maximum atomic E-state index is 12.4. The lowest BCUT2D eigenvalue weighted by Gasteiger charge is -2.30. The van der Waals surface area contributed by atoms with E-state index < -0.39 is 5.41 Å². The quantitative estimate of drug-likeness (QED) is 0.782. The van der Waals surface area contributed by atoms with Gasteiger partial charge >= 0.3 is 5.97 Å². The summed E-state index contributed by atoms with van der Waals surface area (Å²) in [5, 5.41) is 0. The third-order valence-electron chi connectivity index (χ3n) is 3.64. The second kappa shape index (κ2) is 4.93. The molecule has 3 rings (SSSR count). The summed E-state index contributed by atoms with van der Waals surface area (Å²) in [5.74, 6) is 0.376. The van der Waals surface area contributed by atoms with Crippen LogP contribution in [0.2, 0.25) is 0 Å². The molecule has 0 amide bonds. The van der Waals surface area contributed by atoms with Crippen LogP contribution in [0.4, 0.5) is 0 Å². The molecule has 2 aromatic rings. The average Bonchev–Trinajstić information content (AvgIpc) is 2.52. The highest BCUT2D eigenvalue weighted by atomic mass is 16.5. The molecule has 1 atom stereocenters. The fraction of sp³-hybridized carbons (Fsp3) is 0.176. The normalized spacial score (nSPS) is 22.1. The predicted octanol–water partition coefficient (Wildman–Crippen LogP) is 3.33. The van der Waals surface area contributed by atoms with Gasteiger partial charge < -0.3 is 4.74 Å². The molecule has 100 valence electrons. The van der Waals surface area contributed by atoms with E-state index in [2.05, 4.69) is 4.98 Å².